The Hall–Kier alpha value is -1.86. The summed E-state index contributed by atoms with van der Waals surface area (Å²) in [7, 11) is 0.696. The lowest BCUT2D eigenvalue weighted by molar-refractivity contribution is 1.41. The average molecular weight is 248 g/mol. The third kappa shape index (κ3) is 3.57. The minimum atomic E-state index is 0.696. The highest BCUT2D eigenvalue weighted by atomic mass is 28.2. The highest BCUT2D eigenvalue weighted by Crippen LogP contribution is 2.13. The van der Waals surface area contributed by atoms with E-state index in [-0.39, 0.29) is 0 Å². The second-order valence-electron chi connectivity index (χ2n) is 4.00. The lowest BCUT2D eigenvalue weighted by Gasteiger charge is -2.07. The average Bonchev–Trinajstić information content (AvgIpc) is 2.45. The second kappa shape index (κ2) is 6.77. The molecule has 0 amide bonds. The van der Waals surface area contributed by atoms with Gasteiger partial charge in [0.25, 0.3) is 0 Å². The van der Waals surface area contributed by atoms with Gasteiger partial charge < -0.3 is 0 Å². The van der Waals surface area contributed by atoms with Crippen molar-refractivity contribution in [2.24, 2.45) is 0 Å². The van der Waals surface area contributed by atoms with Crippen LogP contribution < -0.4 is 5.19 Å². The number of benzene rings is 2. The normalized spacial score (nSPS) is 11.2. The summed E-state index contributed by atoms with van der Waals surface area (Å²) in [5, 5.41) is 2.76. The van der Waals surface area contributed by atoms with Gasteiger partial charge in [0, 0.05) is 0 Å². The molecule has 1 heteroatoms. The molecular weight excluding hydrogens is 232 g/mol. The Kier molecular flexibility index (Phi) is 4.74. The van der Waals surface area contributed by atoms with Crippen LogP contribution >= 0.6 is 0 Å². The van der Waals surface area contributed by atoms with Crippen molar-refractivity contribution in [3.8, 4) is 0 Å². The molecule has 0 aromatic heterocycles. The van der Waals surface area contributed by atoms with Gasteiger partial charge in [-0.05, 0) is 12.0 Å². The van der Waals surface area contributed by atoms with Gasteiger partial charge in [-0.1, -0.05) is 83.2 Å². The topological polar surface area (TPSA) is 0 Å². The molecule has 2 aromatic rings. The molecule has 2 rings (SSSR count). The van der Waals surface area contributed by atoms with E-state index in [9.17, 15) is 0 Å². The lowest BCUT2D eigenvalue weighted by atomic mass is 10.2. The van der Waals surface area contributed by atoms with E-state index in [4.69, 9.17) is 0 Å². The molecule has 0 nitrogen and oxygen atoms in total. The maximum absolute atomic E-state index is 3.79. The van der Waals surface area contributed by atoms with E-state index in [0.29, 0.717) is 9.52 Å². The first-order valence-electron chi connectivity index (χ1n) is 6.08. The summed E-state index contributed by atoms with van der Waals surface area (Å²) in [5.41, 5.74) is 1.31. The molecule has 0 unspecified atom stereocenters. The zero-order chi connectivity index (χ0) is 12.6. The summed E-state index contributed by atoms with van der Waals surface area (Å²) in [6.07, 6.45) is 5.14. The molecule has 2 radical (unpaired) electrons. The zero-order valence-corrected chi connectivity index (χ0v) is 11.3. The monoisotopic (exact) mass is 248 g/mol. The van der Waals surface area contributed by atoms with Gasteiger partial charge in [0.2, 0.25) is 0 Å². The predicted octanol–water partition coefficient (Wildman–Crippen LogP) is 3.63. The van der Waals surface area contributed by atoms with E-state index >= 15 is 0 Å². The molecule has 0 heterocycles. The zero-order valence-electron chi connectivity index (χ0n) is 10.3. The van der Waals surface area contributed by atoms with Crippen LogP contribution in [0.4, 0.5) is 0 Å². The highest BCUT2D eigenvalue weighted by molar-refractivity contribution is 6.73. The van der Waals surface area contributed by atoms with E-state index in [1.165, 1.54) is 15.9 Å². The molecule has 0 N–H and O–H groups in total. The van der Waals surface area contributed by atoms with Crippen molar-refractivity contribution in [1.29, 1.82) is 0 Å². The van der Waals surface area contributed by atoms with E-state index in [1.54, 1.807) is 0 Å². The van der Waals surface area contributed by atoms with Crippen molar-refractivity contribution in [1.82, 2.24) is 0 Å². The fourth-order valence-electron chi connectivity index (χ4n) is 1.74. The third-order valence-electron chi connectivity index (χ3n) is 2.63. The summed E-state index contributed by atoms with van der Waals surface area (Å²) in [6, 6.07) is 21.2. The molecule has 0 fully saturated rings. The molecule has 2 aromatic carbocycles. The van der Waals surface area contributed by atoms with Gasteiger partial charge in [-0.3, -0.25) is 0 Å². The lowest BCUT2D eigenvalue weighted by Crippen LogP contribution is -2.15. The van der Waals surface area contributed by atoms with Gasteiger partial charge in [-0.15, -0.1) is 6.58 Å². The third-order valence-corrected chi connectivity index (χ3v) is 4.01. The summed E-state index contributed by atoms with van der Waals surface area (Å²) >= 11 is 0. The number of rotatable bonds is 5. The summed E-state index contributed by atoms with van der Waals surface area (Å²) in [5.74, 6) is 0. The molecular formula is C17H16Si. The van der Waals surface area contributed by atoms with Crippen molar-refractivity contribution in [3.63, 3.8) is 0 Å². The van der Waals surface area contributed by atoms with Gasteiger partial charge in [0.15, 0.2) is 0 Å². The number of hydrogen-bond donors (Lipinski definition) is 0. The van der Waals surface area contributed by atoms with Crippen molar-refractivity contribution in [3.05, 3.63) is 85.0 Å². The van der Waals surface area contributed by atoms with Crippen molar-refractivity contribution in [2.45, 2.75) is 6.42 Å². The quantitative estimate of drug-likeness (QED) is 0.560. The fourth-order valence-corrected chi connectivity index (χ4v) is 2.94. The molecule has 18 heavy (non-hydrogen) atoms. The molecule has 0 saturated heterocycles. The summed E-state index contributed by atoms with van der Waals surface area (Å²) in [4.78, 5) is 0. The number of hydrogen-bond acceptors (Lipinski definition) is 0. The molecule has 0 aliphatic carbocycles. The van der Waals surface area contributed by atoms with Crippen LogP contribution in [0.15, 0.2) is 79.4 Å². The second-order valence-corrected chi connectivity index (χ2v) is 5.37. The van der Waals surface area contributed by atoms with E-state index in [0.717, 1.165) is 6.42 Å². The van der Waals surface area contributed by atoms with Crippen LogP contribution in [0.25, 0.3) is 5.20 Å². The summed E-state index contributed by atoms with van der Waals surface area (Å²) in [6.45, 7) is 3.79. The van der Waals surface area contributed by atoms with Crippen LogP contribution in [0.2, 0.25) is 0 Å². The maximum Gasteiger partial charge on any atom is 0.121 e. The van der Waals surface area contributed by atoms with Gasteiger partial charge in [-0.2, -0.15) is 0 Å². The van der Waals surface area contributed by atoms with Gasteiger partial charge in [-0.25, -0.2) is 0 Å². The van der Waals surface area contributed by atoms with Crippen LogP contribution in [0.1, 0.15) is 12.0 Å². The number of allylic oxidation sites excluding steroid dienone is 2. The van der Waals surface area contributed by atoms with Crippen LogP contribution in [-0.2, 0) is 0 Å². The van der Waals surface area contributed by atoms with Gasteiger partial charge >= 0.3 is 0 Å². The maximum atomic E-state index is 3.79. The van der Waals surface area contributed by atoms with Gasteiger partial charge in [0.1, 0.15) is 9.52 Å². The first kappa shape index (κ1) is 12.6. The molecule has 0 saturated carbocycles. The van der Waals surface area contributed by atoms with E-state index in [1.807, 2.05) is 6.08 Å². The molecule has 88 valence electrons. The van der Waals surface area contributed by atoms with Crippen LogP contribution in [-0.4, -0.2) is 9.52 Å². The minimum Gasteiger partial charge on any atom is -0.103 e. The molecule has 0 spiro atoms. The summed E-state index contributed by atoms with van der Waals surface area (Å²) < 4.78 is 0. The largest absolute Gasteiger partial charge is 0.121 e. The molecule has 0 aliphatic heterocycles. The van der Waals surface area contributed by atoms with Crippen molar-refractivity contribution < 1.29 is 0 Å². The Labute approximate surface area is 112 Å². The SMILES string of the molecule is C=CC/C=C(/[Si]c1ccccc1)c1ccccc1. The van der Waals surface area contributed by atoms with E-state index in [2.05, 4.69) is 73.3 Å². The first-order valence-corrected chi connectivity index (χ1v) is 7.08. The Morgan fingerprint density at radius 3 is 2.17 bits per heavy atom. The predicted molar refractivity (Wildman–Crippen MR) is 81.1 cm³/mol. The Balaban J connectivity index is 2.24. The van der Waals surface area contributed by atoms with Crippen molar-refractivity contribution >= 4 is 19.9 Å². The molecule has 0 bridgehead atoms. The van der Waals surface area contributed by atoms with Crippen LogP contribution in [0, 0.1) is 0 Å². The first-order chi connectivity index (χ1) is 8.90. The van der Waals surface area contributed by atoms with Crippen molar-refractivity contribution in [2.75, 3.05) is 0 Å². The van der Waals surface area contributed by atoms with Crippen LogP contribution in [0.5, 0.6) is 0 Å². The Bertz CT molecular complexity index is 512. The highest BCUT2D eigenvalue weighted by Gasteiger charge is 2.03. The fraction of sp³-hybridized carbons (Fsp3) is 0.0588. The van der Waals surface area contributed by atoms with Gasteiger partial charge in [0.05, 0.1) is 0 Å². The standard InChI is InChI=1S/C17H16Si/c1-2-3-14-17(15-10-6-4-7-11-15)18-16-12-8-5-9-13-16/h2,4-14H,1,3H2/b17-14+. The molecule has 0 atom stereocenters. The Morgan fingerprint density at radius 1 is 0.944 bits per heavy atom. The molecule has 0 aliphatic rings. The Morgan fingerprint density at radius 2 is 1.56 bits per heavy atom. The van der Waals surface area contributed by atoms with Crippen LogP contribution in [0.3, 0.4) is 0 Å². The smallest absolute Gasteiger partial charge is 0.103 e. The minimum absolute atomic E-state index is 0.696. The van der Waals surface area contributed by atoms with E-state index < -0.39 is 0 Å².